The Morgan fingerprint density at radius 1 is 0.564 bits per heavy atom. The van der Waals surface area contributed by atoms with E-state index in [-0.39, 0.29) is 36.9 Å². The Kier molecular flexibility index (Phi) is 14.3. The molecule has 2 aliphatic rings. The van der Waals surface area contributed by atoms with Gasteiger partial charge in [-0.2, -0.15) is 0 Å². The first-order chi connectivity index (χ1) is 26.0. The van der Waals surface area contributed by atoms with Gasteiger partial charge < -0.3 is 10.6 Å². The van der Waals surface area contributed by atoms with Crippen LogP contribution in [0.3, 0.4) is 0 Å². The van der Waals surface area contributed by atoms with E-state index in [9.17, 15) is 22.4 Å². The van der Waals surface area contributed by atoms with Gasteiger partial charge in [0.1, 0.15) is 0 Å². The molecule has 0 spiro atoms. The second-order valence-corrected chi connectivity index (χ2v) is 17.0. The first-order valence-corrected chi connectivity index (χ1v) is 19.5. The molecule has 0 saturated carbocycles. The van der Waals surface area contributed by atoms with Crippen molar-refractivity contribution in [2.75, 3.05) is 19.6 Å². The highest BCUT2D eigenvalue weighted by atomic mass is 19.3. The van der Waals surface area contributed by atoms with Crippen molar-refractivity contribution in [1.29, 1.82) is 0 Å². The topological polar surface area (TPSA) is 47.6 Å². The first kappa shape index (κ1) is 42.1. The van der Waals surface area contributed by atoms with Crippen LogP contribution in [0.4, 0.5) is 17.6 Å². The van der Waals surface area contributed by atoms with Gasteiger partial charge in [-0.05, 0) is 75.3 Å². The zero-order valence-corrected chi connectivity index (χ0v) is 32.8. The number of rotatable bonds is 16. The number of benzene rings is 4. The van der Waals surface area contributed by atoms with Crippen LogP contribution < -0.4 is 10.6 Å². The van der Waals surface area contributed by atoms with Crippen molar-refractivity contribution in [3.8, 4) is 0 Å². The number of carbonyl (C=O) groups is 1. The Morgan fingerprint density at radius 2 is 0.927 bits per heavy atom. The number of hydrogen-bond acceptors (Lipinski definition) is 4. The number of alkyl halides is 4. The summed E-state index contributed by atoms with van der Waals surface area (Å²) in [7, 11) is 0. The van der Waals surface area contributed by atoms with Gasteiger partial charge in [0.05, 0.1) is 13.1 Å². The number of hydrogen-bond donors (Lipinski definition) is 2. The average Bonchev–Trinajstić information content (AvgIpc) is 3.59. The van der Waals surface area contributed by atoms with Crippen molar-refractivity contribution in [3.63, 3.8) is 0 Å². The fraction of sp³-hybridized carbons (Fsp3) is 0.457. The van der Waals surface area contributed by atoms with Crippen LogP contribution in [0.2, 0.25) is 0 Å². The maximum Gasteiger partial charge on any atom is 0.261 e. The maximum atomic E-state index is 14.9. The standard InChI is InChI=1S/C23H28F2N2O.C23H30F2N2/c1-22(2)13-20(21(28)26-22)14-23(24,25)17-27(15-18-9-5-3-6-10-18)16-19-11-7-4-8-12-19;1-22(2)13-21(15-26-22)14-23(24,25)18-27(16-19-9-5-3-6-10-19)17-20-11-7-4-8-12-20/h3-12,20H,13-17H2,1-2H3,(H,26,28);3-12,21,26H,13-18H2,1-2H3. The van der Waals surface area contributed by atoms with Gasteiger partial charge in [0.15, 0.2) is 0 Å². The van der Waals surface area contributed by atoms with E-state index < -0.39 is 29.7 Å². The summed E-state index contributed by atoms with van der Waals surface area (Å²) in [6, 6.07) is 39.0. The highest BCUT2D eigenvalue weighted by Gasteiger charge is 2.44. The van der Waals surface area contributed by atoms with E-state index in [0.717, 1.165) is 28.7 Å². The molecule has 9 heteroatoms. The fourth-order valence-electron chi connectivity index (χ4n) is 8.06. The Morgan fingerprint density at radius 3 is 1.24 bits per heavy atom. The van der Waals surface area contributed by atoms with Crippen molar-refractivity contribution in [2.45, 2.75) is 102 Å². The molecule has 296 valence electrons. The summed E-state index contributed by atoms with van der Waals surface area (Å²) in [5.74, 6) is -6.50. The molecule has 5 nitrogen and oxygen atoms in total. The monoisotopic (exact) mass is 758 g/mol. The summed E-state index contributed by atoms with van der Waals surface area (Å²) in [5, 5.41) is 6.17. The van der Waals surface area contributed by atoms with Crippen LogP contribution in [0, 0.1) is 11.8 Å². The molecule has 4 aromatic rings. The smallest absolute Gasteiger partial charge is 0.261 e. The van der Waals surface area contributed by atoms with Crippen LogP contribution in [0.1, 0.15) is 75.6 Å². The lowest BCUT2D eigenvalue weighted by Gasteiger charge is -2.29. The predicted octanol–water partition coefficient (Wildman–Crippen LogP) is 9.73. The molecule has 0 bridgehead atoms. The van der Waals surface area contributed by atoms with Gasteiger partial charge >= 0.3 is 0 Å². The number of carbonyl (C=O) groups excluding carboxylic acids is 1. The van der Waals surface area contributed by atoms with Crippen LogP contribution >= 0.6 is 0 Å². The van der Waals surface area contributed by atoms with E-state index >= 15 is 0 Å². The molecule has 0 aliphatic carbocycles. The van der Waals surface area contributed by atoms with Crippen LogP contribution in [0.5, 0.6) is 0 Å². The second kappa shape index (κ2) is 18.7. The summed E-state index contributed by atoms with van der Waals surface area (Å²) in [5.41, 5.74) is 3.67. The normalized spacial score (nSPS) is 19.3. The van der Waals surface area contributed by atoms with Gasteiger partial charge in [0.2, 0.25) is 5.91 Å². The lowest BCUT2D eigenvalue weighted by atomic mass is 9.92. The zero-order chi connectivity index (χ0) is 39.5. The molecule has 2 heterocycles. The third-order valence-corrected chi connectivity index (χ3v) is 10.3. The molecule has 2 fully saturated rings. The zero-order valence-electron chi connectivity index (χ0n) is 32.8. The van der Waals surface area contributed by atoms with Gasteiger partial charge in [-0.1, -0.05) is 121 Å². The van der Waals surface area contributed by atoms with E-state index in [1.807, 2.05) is 140 Å². The van der Waals surface area contributed by atoms with Crippen molar-refractivity contribution >= 4 is 5.91 Å². The molecule has 55 heavy (non-hydrogen) atoms. The quantitative estimate of drug-likeness (QED) is 0.112. The highest BCUT2D eigenvalue weighted by Crippen LogP contribution is 2.35. The lowest BCUT2D eigenvalue weighted by molar-refractivity contribution is -0.126. The van der Waals surface area contributed by atoms with Crippen LogP contribution in [-0.2, 0) is 31.0 Å². The van der Waals surface area contributed by atoms with Gasteiger partial charge in [-0.25, -0.2) is 17.6 Å². The van der Waals surface area contributed by atoms with Gasteiger partial charge in [0.25, 0.3) is 11.8 Å². The molecular weight excluding hydrogens is 701 g/mol. The van der Waals surface area contributed by atoms with Crippen molar-refractivity contribution < 1.29 is 22.4 Å². The Balaban J connectivity index is 0.000000211. The molecule has 4 aromatic carbocycles. The average molecular weight is 759 g/mol. The van der Waals surface area contributed by atoms with E-state index in [0.29, 0.717) is 39.1 Å². The SMILES string of the molecule is CC1(C)CC(CC(F)(F)CN(Cc2ccccc2)Cc2ccccc2)C(=O)N1.CC1(C)CC(CC(F)(F)CN(Cc2ccccc2)Cc2ccccc2)CN1. The van der Waals surface area contributed by atoms with Gasteiger partial charge in [-0.15, -0.1) is 0 Å². The number of nitrogens with zero attached hydrogens (tertiary/aromatic N) is 2. The van der Waals surface area contributed by atoms with Gasteiger partial charge in [0, 0.05) is 56.0 Å². The van der Waals surface area contributed by atoms with Crippen molar-refractivity contribution in [2.24, 2.45) is 11.8 Å². The molecule has 1 amide bonds. The van der Waals surface area contributed by atoms with Crippen molar-refractivity contribution in [3.05, 3.63) is 144 Å². The van der Waals surface area contributed by atoms with E-state index in [2.05, 4.69) is 24.5 Å². The van der Waals surface area contributed by atoms with Crippen LogP contribution in [0.25, 0.3) is 0 Å². The summed E-state index contributed by atoms with van der Waals surface area (Å²) in [6.07, 6.45) is 0.782. The summed E-state index contributed by atoms with van der Waals surface area (Å²) >= 11 is 0. The minimum Gasteiger partial charge on any atom is -0.351 e. The van der Waals surface area contributed by atoms with E-state index in [1.165, 1.54) is 0 Å². The molecule has 0 aromatic heterocycles. The van der Waals surface area contributed by atoms with E-state index in [4.69, 9.17) is 0 Å². The molecule has 2 aliphatic heterocycles. The summed E-state index contributed by atoms with van der Waals surface area (Å²) in [4.78, 5) is 15.7. The van der Waals surface area contributed by atoms with Crippen LogP contribution in [0.15, 0.2) is 121 Å². The van der Waals surface area contributed by atoms with Gasteiger partial charge in [-0.3, -0.25) is 14.6 Å². The van der Waals surface area contributed by atoms with E-state index in [1.54, 1.807) is 4.90 Å². The summed E-state index contributed by atoms with van der Waals surface area (Å²) < 4.78 is 59.7. The third-order valence-electron chi connectivity index (χ3n) is 10.3. The lowest BCUT2D eigenvalue weighted by Crippen LogP contribution is -2.38. The minimum atomic E-state index is -2.94. The van der Waals surface area contributed by atoms with Crippen LogP contribution in [-0.4, -0.2) is 58.3 Å². The molecule has 2 unspecified atom stereocenters. The molecular formula is C46H58F4N4O. The maximum absolute atomic E-state index is 14.9. The summed E-state index contributed by atoms with van der Waals surface area (Å²) in [6.45, 7) is 9.94. The molecule has 2 N–H and O–H groups in total. The third kappa shape index (κ3) is 14.5. The number of amides is 1. The second-order valence-electron chi connectivity index (χ2n) is 17.0. The molecule has 2 atom stereocenters. The van der Waals surface area contributed by atoms with Crippen molar-refractivity contribution in [1.82, 2.24) is 20.4 Å². The Hall–Kier alpha value is -4.05. The number of nitrogens with one attached hydrogen (secondary N) is 2. The fourth-order valence-corrected chi connectivity index (χ4v) is 8.06. The minimum absolute atomic E-state index is 0.0327. The Labute approximate surface area is 325 Å². The predicted molar refractivity (Wildman–Crippen MR) is 214 cm³/mol. The highest BCUT2D eigenvalue weighted by molar-refractivity contribution is 5.82. The largest absolute Gasteiger partial charge is 0.351 e. The number of halogens is 4. The first-order valence-electron chi connectivity index (χ1n) is 19.5. The molecule has 6 rings (SSSR count). The molecule has 0 radical (unpaired) electrons. The molecule has 2 saturated heterocycles. The Bertz CT molecular complexity index is 1660.